The predicted molar refractivity (Wildman–Crippen MR) is 79.9 cm³/mol. The van der Waals surface area contributed by atoms with Gasteiger partial charge in [-0.1, -0.05) is 12.1 Å². The maximum atomic E-state index is 2.25. The maximum absolute atomic E-state index is 2.25. The van der Waals surface area contributed by atoms with Gasteiger partial charge in [-0.25, -0.2) is 0 Å². The van der Waals surface area contributed by atoms with Gasteiger partial charge in [-0.05, 0) is 74.2 Å². The molecule has 1 nitrogen and oxygen atoms in total. The summed E-state index contributed by atoms with van der Waals surface area (Å²) < 4.78 is 0. The normalized spacial score (nSPS) is 10.5. The molecule has 18 heavy (non-hydrogen) atoms. The van der Waals surface area contributed by atoms with E-state index in [2.05, 4.69) is 76.0 Å². The van der Waals surface area contributed by atoms with Gasteiger partial charge in [0.1, 0.15) is 0 Å². The summed E-state index contributed by atoms with van der Waals surface area (Å²) in [5.41, 5.74) is 7.72. The van der Waals surface area contributed by atoms with Gasteiger partial charge in [0.2, 0.25) is 0 Å². The van der Waals surface area contributed by atoms with E-state index in [1.54, 1.807) is 0 Å². The van der Waals surface area contributed by atoms with Gasteiger partial charge in [0.15, 0.2) is 0 Å². The van der Waals surface area contributed by atoms with Gasteiger partial charge in [-0.3, -0.25) is 0 Å². The minimum Gasteiger partial charge on any atom is -0.345 e. The number of benzene rings is 2. The quantitative estimate of drug-likeness (QED) is 0.735. The first kappa shape index (κ1) is 12.7. The number of hydrogen-bond donors (Lipinski definition) is 0. The van der Waals surface area contributed by atoms with Gasteiger partial charge in [0, 0.05) is 18.4 Å². The summed E-state index contributed by atoms with van der Waals surface area (Å²) in [5.74, 6) is 0. The zero-order valence-electron chi connectivity index (χ0n) is 11.9. The fourth-order valence-corrected chi connectivity index (χ4v) is 2.44. The first-order chi connectivity index (χ1) is 8.45. The molecule has 0 atom stereocenters. The minimum atomic E-state index is 1.25. The second kappa shape index (κ2) is 4.85. The Hall–Kier alpha value is -1.76. The lowest BCUT2D eigenvalue weighted by molar-refractivity contribution is 1.18. The first-order valence-electron chi connectivity index (χ1n) is 6.36. The molecule has 2 aromatic rings. The molecule has 0 bridgehead atoms. The Labute approximate surface area is 110 Å². The van der Waals surface area contributed by atoms with Crippen LogP contribution in [-0.4, -0.2) is 7.05 Å². The van der Waals surface area contributed by atoms with Crippen molar-refractivity contribution in [2.24, 2.45) is 0 Å². The number of aryl methyl sites for hydroxylation is 4. The molecule has 0 unspecified atom stereocenters. The van der Waals surface area contributed by atoms with E-state index in [0.717, 1.165) is 0 Å². The monoisotopic (exact) mass is 239 g/mol. The SMILES string of the molecule is Cc1cc(C)cc(N(C)c2cc(C)cc(C)c2)c1. The van der Waals surface area contributed by atoms with E-state index >= 15 is 0 Å². The molecule has 0 N–H and O–H groups in total. The lowest BCUT2D eigenvalue weighted by atomic mass is 10.1. The van der Waals surface area contributed by atoms with Crippen LogP contribution in [0.15, 0.2) is 36.4 Å². The van der Waals surface area contributed by atoms with E-state index in [0.29, 0.717) is 0 Å². The highest BCUT2D eigenvalue weighted by molar-refractivity contribution is 5.65. The van der Waals surface area contributed by atoms with Gasteiger partial charge in [-0.2, -0.15) is 0 Å². The van der Waals surface area contributed by atoms with Crippen LogP contribution in [0.25, 0.3) is 0 Å². The van der Waals surface area contributed by atoms with E-state index < -0.39 is 0 Å². The Balaban J connectivity index is 2.43. The average molecular weight is 239 g/mol. The second-order valence-electron chi connectivity index (χ2n) is 5.25. The van der Waals surface area contributed by atoms with Crippen molar-refractivity contribution in [2.45, 2.75) is 27.7 Å². The van der Waals surface area contributed by atoms with E-state index in [-0.39, 0.29) is 0 Å². The van der Waals surface area contributed by atoms with Gasteiger partial charge < -0.3 is 4.90 Å². The Morgan fingerprint density at radius 1 is 0.556 bits per heavy atom. The molecule has 94 valence electrons. The highest BCUT2D eigenvalue weighted by Crippen LogP contribution is 2.27. The molecule has 0 spiro atoms. The fourth-order valence-electron chi connectivity index (χ4n) is 2.44. The van der Waals surface area contributed by atoms with Crippen LogP contribution in [0.2, 0.25) is 0 Å². The van der Waals surface area contributed by atoms with Gasteiger partial charge >= 0.3 is 0 Å². The highest BCUT2D eigenvalue weighted by Gasteiger charge is 2.06. The largest absolute Gasteiger partial charge is 0.345 e. The molecule has 0 fully saturated rings. The topological polar surface area (TPSA) is 3.24 Å². The van der Waals surface area contributed by atoms with E-state index in [4.69, 9.17) is 0 Å². The fraction of sp³-hybridized carbons (Fsp3) is 0.294. The van der Waals surface area contributed by atoms with Crippen molar-refractivity contribution >= 4 is 11.4 Å². The molecular formula is C17H21N. The van der Waals surface area contributed by atoms with Gasteiger partial charge in [0.25, 0.3) is 0 Å². The smallest absolute Gasteiger partial charge is 0.0413 e. The van der Waals surface area contributed by atoms with Crippen molar-refractivity contribution in [3.8, 4) is 0 Å². The van der Waals surface area contributed by atoms with Crippen LogP contribution in [0.1, 0.15) is 22.3 Å². The minimum absolute atomic E-state index is 1.25. The zero-order chi connectivity index (χ0) is 13.3. The van der Waals surface area contributed by atoms with Crippen LogP contribution in [0.4, 0.5) is 11.4 Å². The van der Waals surface area contributed by atoms with Crippen molar-refractivity contribution in [2.75, 3.05) is 11.9 Å². The summed E-state index contributed by atoms with van der Waals surface area (Å²) in [6.07, 6.45) is 0. The molecule has 0 heterocycles. The molecule has 0 aliphatic rings. The number of nitrogens with zero attached hydrogens (tertiary/aromatic N) is 1. The van der Waals surface area contributed by atoms with Crippen molar-refractivity contribution in [1.82, 2.24) is 0 Å². The maximum Gasteiger partial charge on any atom is 0.0413 e. The summed E-state index contributed by atoms with van der Waals surface area (Å²) in [5, 5.41) is 0. The Kier molecular flexibility index (Phi) is 3.42. The molecule has 0 radical (unpaired) electrons. The number of anilines is 2. The molecule has 0 saturated carbocycles. The van der Waals surface area contributed by atoms with E-state index in [1.807, 2.05) is 0 Å². The lowest BCUT2D eigenvalue weighted by Crippen LogP contribution is -2.10. The van der Waals surface area contributed by atoms with Crippen LogP contribution in [-0.2, 0) is 0 Å². The van der Waals surface area contributed by atoms with Crippen LogP contribution in [0.5, 0.6) is 0 Å². The molecule has 0 aromatic heterocycles. The van der Waals surface area contributed by atoms with Crippen LogP contribution >= 0.6 is 0 Å². The summed E-state index contributed by atoms with van der Waals surface area (Å²) >= 11 is 0. The van der Waals surface area contributed by atoms with Crippen molar-refractivity contribution < 1.29 is 0 Å². The second-order valence-corrected chi connectivity index (χ2v) is 5.25. The lowest BCUT2D eigenvalue weighted by Gasteiger charge is -2.21. The van der Waals surface area contributed by atoms with Crippen molar-refractivity contribution in [3.63, 3.8) is 0 Å². The summed E-state index contributed by atoms with van der Waals surface area (Å²) in [6.45, 7) is 8.58. The molecule has 0 aliphatic heterocycles. The molecule has 1 heteroatoms. The van der Waals surface area contributed by atoms with Crippen molar-refractivity contribution in [1.29, 1.82) is 0 Å². The van der Waals surface area contributed by atoms with Crippen LogP contribution in [0.3, 0.4) is 0 Å². The summed E-state index contributed by atoms with van der Waals surface area (Å²) in [6, 6.07) is 13.3. The predicted octanol–water partition coefficient (Wildman–Crippen LogP) is 4.69. The van der Waals surface area contributed by atoms with Crippen molar-refractivity contribution in [3.05, 3.63) is 58.7 Å². The first-order valence-corrected chi connectivity index (χ1v) is 6.36. The van der Waals surface area contributed by atoms with Crippen LogP contribution < -0.4 is 4.90 Å². The Morgan fingerprint density at radius 2 is 0.833 bits per heavy atom. The summed E-state index contributed by atoms with van der Waals surface area (Å²) in [4.78, 5) is 2.25. The molecule has 2 rings (SSSR count). The molecule has 0 aliphatic carbocycles. The summed E-state index contributed by atoms with van der Waals surface area (Å²) in [7, 11) is 2.13. The number of hydrogen-bond acceptors (Lipinski definition) is 1. The third-order valence-corrected chi connectivity index (χ3v) is 3.19. The Bertz CT molecular complexity index is 478. The number of rotatable bonds is 2. The third kappa shape index (κ3) is 2.73. The third-order valence-electron chi connectivity index (χ3n) is 3.19. The van der Waals surface area contributed by atoms with Gasteiger partial charge in [-0.15, -0.1) is 0 Å². The zero-order valence-corrected chi connectivity index (χ0v) is 11.9. The van der Waals surface area contributed by atoms with E-state index in [1.165, 1.54) is 33.6 Å². The standard InChI is InChI=1S/C17H21N/c1-12-6-13(2)9-16(8-12)18(5)17-10-14(3)7-15(4)11-17/h6-11H,1-5H3. The molecule has 2 aromatic carbocycles. The Morgan fingerprint density at radius 3 is 1.11 bits per heavy atom. The van der Waals surface area contributed by atoms with Crippen LogP contribution in [0, 0.1) is 27.7 Å². The molecule has 0 saturated heterocycles. The molecule has 0 amide bonds. The highest BCUT2D eigenvalue weighted by atomic mass is 15.1. The molecular weight excluding hydrogens is 218 g/mol. The van der Waals surface area contributed by atoms with E-state index in [9.17, 15) is 0 Å². The average Bonchev–Trinajstić information content (AvgIpc) is 2.25. The van der Waals surface area contributed by atoms with Gasteiger partial charge in [0.05, 0.1) is 0 Å².